The van der Waals surface area contributed by atoms with E-state index in [0.29, 0.717) is 12.6 Å². The molecule has 4 nitrogen and oxygen atoms in total. The van der Waals surface area contributed by atoms with E-state index in [9.17, 15) is 0 Å². The molecule has 2 heterocycles. The summed E-state index contributed by atoms with van der Waals surface area (Å²) in [5, 5.41) is 0. The quantitative estimate of drug-likeness (QED) is 0.579. The maximum atomic E-state index is 5.50. The summed E-state index contributed by atoms with van der Waals surface area (Å²) in [7, 11) is 0. The molecular formula is C24H31BN2O2. The standard InChI is InChI=1S/C14H15B.C10H16N2O2/c1-2-15(13-9-5-3-6-10-13)14-11-7-4-8-12-14;1-2-9(10-13-5-6-14-10)7-12-4-3-11-8-12/h3-12H,2H2,1H3;3-4,8-10H,2,5-7H2,1H3. The zero-order chi connectivity index (χ0) is 20.3. The Morgan fingerprint density at radius 2 is 1.55 bits per heavy atom. The highest BCUT2D eigenvalue weighted by molar-refractivity contribution is 6.85. The molecule has 1 aliphatic rings. The van der Waals surface area contributed by atoms with Crippen LogP contribution in [0.1, 0.15) is 20.3 Å². The maximum absolute atomic E-state index is 5.50. The van der Waals surface area contributed by atoms with Gasteiger partial charge in [-0.1, -0.05) is 91.8 Å². The Balaban J connectivity index is 0.000000166. The van der Waals surface area contributed by atoms with Crippen LogP contribution in [0.4, 0.5) is 0 Å². The van der Waals surface area contributed by atoms with E-state index in [0.717, 1.165) is 32.5 Å². The van der Waals surface area contributed by atoms with Crippen molar-refractivity contribution in [2.75, 3.05) is 13.2 Å². The zero-order valence-electron chi connectivity index (χ0n) is 17.5. The van der Waals surface area contributed by atoms with Crippen LogP contribution in [0.5, 0.6) is 0 Å². The SMILES string of the molecule is CCB(c1ccccc1)c1ccccc1.CCC(Cn1ccnc1)C1OCCO1. The van der Waals surface area contributed by atoms with Gasteiger partial charge < -0.3 is 14.0 Å². The van der Waals surface area contributed by atoms with Crippen molar-refractivity contribution in [2.45, 2.75) is 39.4 Å². The van der Waals surface area contributed by atoms with Crippen molar-refractivity contribution in [2.24, 2.45) is 5.92 Å². The van der Waals surface area contributed by atoms with Crippen LogP contribution < -0.4 is 10.9 Å². The van der Waals surface area contributed by atoms with E-state index in [1.165, 1.54) is 10.9 Å². The first-order chi connectivity index (χ1) is 14.3. The molecule has 3 aromatic rings. The number of rotatable bonds is 7. The smallest absolute Gasteiger partial charge is 0.209 e. The third-order valence-corrected chi connectivity index (χ3v) is 5.37. The molecule has 0 radical (unpaired) electrons. The zero-order valence-corrected chi connectivity index (χ0v) is 17.5. The van der Waals surface area contributed by atoms with E-state index in [2.05, 4.69) is 84.1 Å². The van der Waals surface area contributed by atoms with E-state index < -0.39 is 0 Å². The summed E-state index contributed by atoms with van der Waals surface area (Å²) in [6.07, 6.45) is 7.78. The van der Waals surface area contributed by atoms with Gasteiger partial charge in [-0.2, -0.15) is 0 Å². The normalized spacial score (nSPS) is 14.8. The van der Waals surface area contributed by atoms with Crippen LogP contribution in [0.3, 0.4) is 0 Å². The Morgan fingerprint density at radius 3 is 2.00 bits per heavy atom. The highest BCUT2D eigenvalue weighted by Crippen LogP contribution is 2.19. The number of hydrogen-bond acceptors (Lipinski definition) is 3. The lowest BCUT2D eigenvalue weighted by molar-refractivity contribution is -0.0884. The second-order valence-electron chi connectivity index (χ2n) is 7.32. The van der Waals surface area contributed by atoms with Gasteiger partial charge in [0.2, 0.25) is 6.71 Å². The van der Waals surface area contributed by atoms with Gasteiger partial charge >= 0.3 is 0 Å². The van der Waals surface area contributed by atoms with Crippen molar-refractivity contribution < 1.29 is 9.47 Å². The summed E-state index contributed by atoms with van der Waals surface area (Å²) in [6.45, 7) is 7.31. The number of benzene rings is 2. The first-order valence-corrected chi connectivity index (χ1v) is 10.6. The van der Waals surface area contributed by atoms with E-state index in [4.69, 9.17) is 9.47 Å². The van der Waals surface area contributed by atoms with Gasteiger partial charge in [0.05, 0.1) is 19.5 Å². The van der Waals surface area contributed by atoms with Gasteiger partial charge in [-0.15, -0.1) is 0 Å². The lowest BCUT2D eigenvalue weighted by Crippen LogP contribution is -2.41. The van der Waals surface area contributed by atoms with Crippen LogP contribution in [-0.4, -0.2) is 35.8 Å². The molecule has 0 amide bonds. The second kappa shape index (κ2) is 11.6. The monoisotopic (exact) mass is 390 g/mol. The molecule has 0 spiro atoms. The molecule has 1 saturated heterocycles. The van der Waals surface area contributed by atoms with Gasteiger partial charge in [-0.3, -0.25) is 0 Å². The van der Waals surface area contributed by atoms with Gasteiger partial charge in [0.15, 0.2) is 6.29 Å². The van der Waals surface area contributed by atoms with Crippen molar-refractivity contribution in [3.8, 4) is 0 Å². The van der Waals surface area contributed by atoms with Gasteiger partial charge in [-0.05, 0) is 6.42 Å². The molecule has 152 valence electrons. The van der Waals surface area contributed by atoms with Crippen LogP contribution in [0, 0.1) is 5.92 Å². The predicted molar refractivity (Wildman–Crippen MR) is 120 cm³/mol. The largest absolute Gasteiger partial charge is 0.350 e. The Labute approximate surface area is 175 Å². The van der Waals surface area contributed by atoms with Crippen LogP contribution in [0.15, 0.2) is 79.4 Å². The highest BCUT2D eigenvalue weighted by atomic mass is 16.7. The Hall–Kier alpha value is -2.37. The van der Waals surface area contributed by atoms with Crippen molar-refractivity contribution in [3.63, 3.8) is 0 Å². The van der Waals surface area contributed by atoms with Gasteiger partial charge in [0.25, 0.3) is 0 Å². The minimum atomic E-state index is -0.0256. The fourth-order valence-corrected chi connectivity index (χ4v) is 3.76. The van der Waals surface area contributed by atoms with E-state index in [1.54, 1.807) is 6.20 Å². The molecule has 1 fully saturated rings. The first kappa shape index (κ1) is 21.3. The fraction of sp³-hybridized carbons (Fsp3) is 0.375. The highest BCUT2D eigenvalue weighted by Gasteiger charge is 2.25. The van der Waals surface area contributed by atoms with Crippen molar-refractivity contribution in [3.05, 3.63) is 79.4 Å². The van der Waals surface area contributed by atoms with Gasteiger partial charge in [0.1, 0.15) is 0 Å². The number of aromatic nitrogens is 2. The molecule has 1 aromatic heterocycles. The van der Waals surface area contributed by atoms with Crippen LogP contribution in [0.2, 0.25) is 6.32 Å². The number of hydrogen-bond donors (Lipinski definition) is 0. The van der Waals surface area contributed by atoms with Gasteiger partial charge in [0, 0.05) is 24.9 Å². The molecule has 0 saturated carbocycles. The Kier molecular flexibility index (Phi) is 8.53. The van der Waals surface area contributed by atoms with Crippen molar-refractivity contribution >= 4 is 17.6 Å². The lowest BCUT2D eigenvalue weighted by atomic mass is 9.39. The maximum Gasteiger partial charge on any atom is 0.209 e. The molecule has 1 unspecified atom stereocenters. The number of nitrogens with zero attached hydrogens (tertiary/aromatic N) is 2. The molecule has 0 aliphatic carbocycles. The minimum absolute atomic E-state index is 0.0256. The van der Waals surface area contributed by atoms with E-state index in [-0.39, 0.29) is 6.29 Å². The molecular weight excluding hydrogens is 359 g/mol. The summed E-state index contributed by atoms with van der Waals surface area (Å²) < 4.78 is 13.1. The summed E-state index contributed by atoms with van der Waals surface area (Å²) in [5.41, 5.74) is 2.82. The average molecular weight is 390 g/mol. The van der Waals surface area contributed by atoms with Crippen LogP contribution in [-0.2, 0) is 16.0 Å². The second-order valence-corrected chi connectivity index (χ2v) is 7.32. The fourth-order valence-electron chi connectivity index (χ4n) is 3.76. The molecule has 1 atom stereocenters. The molecule has 4 rings (SSSR count). The van der Waals surface area contributed by atoms with Crippen LogP contribution >= 0.6 is 0 Å². The summed E-state index contributed by atoms with van der Waals surface area (Å²) in [4.78, 5) is 4.02. The average Bonchev–Trinajstić information content (AvgIpc) is 3.49. The lowest BCUT2D eigenvalue weighted by Gasteiger charge is -2.20. The van der Waals surface area contributed by atoms with E-state index >= 15 is 0 Å². The summed E-state index contributed by atoms with van der Waals surface area (Å²) >= 11 is 0. The molecule has 1 aliphatic heterocycles. The number of imidazole rings is 1. The van der Waals surface area contributed by atoms with Crippen molar-refractivity contribution in [1.82, 2.24) is 9.55 Å². The molecule has 2 aromatic carbocycles. The first-order valence-electron chi connectivity index (χ1n) is 10.6. The minimum Gasteiger partial charge on any atom is -0.350 e. The van der Waals surface area contributed by atoms with Crippen LogP contribution in [0.25, 0.3) is 0 Å². The topological polar surface area (TPSA) is 36.3 Å². The molecule has 0 bridgehead atoms. The summed E-state index contributed by atoms with van der Waals surface area (Å²) in [5.74, 6) is 0.423. The molecule has 5 heteroatoms. The number of ether oxygens (including phenoxy) is 2. The van der Waals surface area contributed by atoms with Gasteiger partial charge in [-0.25, -0.2) is 4.98 Å². The predicted octanol–water partition coefficient (Wildman–Crippen LogP) is 3.60. The molecule has 29 heavy (non-hydrogen) atoms. The Bertz CT molecular complexity index is 751. The van der Waals surface area contributed by atoms with Crippen molar-refractivity contribution in [1.29, 1.82) is 0 Å². The third kappa shape index (κ3) is 6.31. The third-order valence-electron chi connectivity index (χ3n) is 5.37. The Morgan fingerprint density at radius 1 is 0.966 bits per heavy atom. The van der Waals surface area contributed by atoms with E-state index in [1.807, 2.05) is 12.5 Å². The summed E-state index contributed by atoms with van der Waals surface area (Å²) in [6, 6.07) is 21.4. The molecule has 0 N–H and O–H groups in total.